The van der Waals surface area contributed by atoms with E-state index in [-0.39, 0.29) is 0 Å². The summed E-state index contributed by atoms with van der Waals surface area (Å²) in [6.45, 7) is 8.54. The van der Waals surface area contributed by atoms with Gasteiger partial charge in [-0.25, -0.2) is 4.98 Å². The number of pyridine rings is 1. The summed E-state index contributed by atoms with van der Waals surface area (Å²) in [5.74, 6) is -0.741. The molecular formula is C20H24N4O2. The number of amides is 2. The largest absolute Gasteiger partial charge is 0.368 e. The fourth-order valence-electron chi connectivity index (χ4n) is 3.15. The lowest BCUT2D eigenvalue weighted by Crippen LogP contribution is -2.51. The zero-order chi connectivity index (χ0) is 18.7. The Morgan fingerprint density at radius 2 is 1.65 bits per heavy atom. The maximum atomic E-state index is 12.4. The molecule has 3 rings (SSSR count). The molecule has 26 heavy (non-hydrogen) atoms. The van der Waals surface area contributed by atoms with Gasteiger partial charge in [-0.1, -0.05) is 18.2 Å². The van der Waals surface area contributed by atoms with E-state index in [0.29, 0.717) is 32.0 Å². The molecule has 1 fully saturated rings. The number of carbonyl (C=O) groups excluding carboxylic acids is 2. The fourth-order valence-corrected chi connectivity index (χ4v) is 3.15. The van der Waals surface area contributed by atoms with Gasteiger partial charge in [0.25, 0.3) is 0 Å². The third-order valence-corrected chi connectivity index (χ3v) is 4.81. The Morgan fingerprint density at radius 3 is 2.35 bits per heavy atom. The highest BCUT2D eigenvalue weighted by Gasteiger charge is 2.26. The van der Waals surface area contributed by atoms with Crippen molar-refractivity contribution in [2.75, 3.05) is 36.4 Å². The molecular weight excluding hydrogens is 328 g/mol. The van der Waals surface area contributed by atoms with E-state index < -0.39 is 11.8 Å². The highest BCUT2D eigenvalue weighted by Crippen LogP contribution is 2.23. The first-order valence-electron chi connectivity index (χ1n) is 8.81. The molecule has 2 aromatic rings. The Hall–Kier alpha value is -2.89. The summed E-state index contributed by atoms with van der Waals surface area (Å²) in [6.07, 6.45) is 0. The molecule has 1 aromatic carbocycles. The number of benzene rings is 1. The smallest absolute Gasteiger partial charge is 0.315 e. The fraction of sp³-hybridized carbons (Fsp3) is 0.350. The van der Waals surface area contributed by atoms with Crippen molar-refractivity contribution >= 4 is 23.3 Å². The van der Waals surface area contributed by atoms with Crippen LogP contribution in [0.2, 0.25) is 0 Å². The standard InChI is InChI=1S/C20H24N4O2/c1-14-6-4-8-17(16(14)3)23-10-12-24(13-11-23)20(26)19(25)22-18-9-5-7-15(2)21-18/h4-9H,10-13H2,1-3H3,(H,21,22,25). The van der Waals surface area contributed by atoms with Gasteiger partial charge in [-0.15, -0.1) is 0 Å². The second-order valence-electron chi connectivity index (χ2n) is 6.62. The van der Waals surface area contributed by atoms with E-state index in [4.69, 9.17) is 0 Å². The quantitative estimate of drug-likeness (QED) is 0.842. The second-order valence-corrected chi connectivity index (χ2v) is 6.62. The second kappa shape index (κ2) is 7.56. The average Bonchev–Trinajstić information content (AvgIpc) is 2.63. The molecule has 0 bridgehead atoms. The zero-order valence-electron chi connectivity index (χ0n) is 15.5. The SMILES string of the molecule is Cc1cccc(NC(=O)C(=O)N2CCN(c3cccc(C)c3C)CC2)n1. The van der Waals surface area contributed by atoms with Crippen LogP contribution in [0.5, 0.6) is 0 Å². The molecule has 0 unspecified atom stereocenters. The van der Waals surface area contributed by atoms with Crippen LogP contribution >= 0.6 is 0 Å². The molecule has 0 aliphatic carbocycles. The number of anilines is 2. The van der Waals surface area contributed by atoms with Crippen molar-refractivity contribution in [1.82, 2.24) is 9.88 Å². The third kappa shape index (κ3) is 3.85. The van der Waals surface area contributed by atoms with Crippen LogP contribution in [0.15, 0.2) is 36.4 Å². The van der Waals surface area contributed by atoms with Crippen LogP contribution in [-0.2, 0) is 9.59 Å². The molecule has 1 aliphatic rings. The van der Waals surface area contributed by atoms with Crippen molar-refractivity contribution in [1.29, 1.82) is 0 Å². The summed E-state index contributed by atoms with van der Waals surface area (Å²) in [7, 11) is 0. The summed E-state index contributed by atoms with van der Waals surface area (Å²) in [4.78, 5) is 32.7. The van der Waals surface area contributed by atoms with Gasteiger partial charge in [-0.05, 0) is 50.1 Å². The summed E-state index contributed by atoms with van der Waals surface area (Å²) in [6, 6.07) is 11.6. The minimum Gasteiger partial charge on any atom is -0.368 e. The molecule has 136 valence electrons. The summed E-state index contributed by atoms with van der Waals surface area (Å²) < 4.78 is 0. The van der Waals surface area contributed by atoms with Gasteiger partial charge in [0.1, 0.15) is 5.82 Å². The number of aryl methyl sites for hydroxylation is 2. The van der Waals surface area contributed by atoms with Crippen LogP contribution in [0.25, 0.3) is 0 Å². The number of aromatic nitrogens is 1. The van der Waals surface area contributed by atoms with E-state index >= 15 is 0 Å². The Labute approximate surface area is 153 Å². The van der Waals surface area contributed by atoms with E-state index in [9.17, 15) is 9.59 Å². The lowest BCUT2D eigenvalue weighted by atomic mass is 10.1. The average molecular weight is 352 g/mol. The molecule has 1 saturated heterocycles. The highest BCUT2D eigenvalue weighted by molar-refractivity contribution is 6.39. The van der Waals surface area contributed by atoms with Crippen molar-refractivity contribution in [2.45, 2.75) is 20.8 Å². The summed E-state index contributed by atoms with van der Waals surface area (Å²) >= 11 is 0. The van der Waals surface area contributed by atoms with Crippen molar-refractivity contribution in [3.05, 3.63) is 53.2 Å². The van der Waals surface area contributed by atoms with Crippen molar-refractivity contribution < 1.29 is 9.59 Å². The van der Waals surface area contributed by atoms with Crippen molar-refractivity contribution in [2.24, 2.45) is 0 Å². The van der Waals surface area contributed by atoms with Gasteiger partial charge >= 0.3 is 11.8 Å². The number of piperazine rings is 1. The molecule has 1 aliphatic heterocycles. The lowest BCUT2D eigenvalue weighted by molar-refractivity contribution is -0.143. The van der Waals surface area contributed by atoms with E-state index in [1.54, 1.807) is 17.0 Å². The van der Waals surface area contributed by atoms with Gasteiger partial charge in [-0.3, -0.25) is 9.59 Å². The monoisotopic (exact) mass is 352 g/mol. The van der Waals surface area contributed by atoms with Crippen LogP contribution in [0, 0.1) is 20.8 Å². The van der Waals surface area contributed by atoms with E-state index in [1.165, 1.54) is 16.8 Å². The van der Waals surface area contributed by atoms with E-state index in [0.717, 1.165) is 5.69 Å². The van der Waals surface area contributed by atoms with Gasteiger partial charge in [0.05, 0.1) is 0 Å². The van der Waals surface area contributed by atoms with Crippen LogP contribution in [-0.4, -0.2) is 47.9 Å². The predicted molar refractivity (Wildman–Crippen MR) is 102 cm³/mol. The van der Waals surface area contributed by atoms with Crippen LogP contribution in [0.3, 0.4) is 0 Å². The van der Waals surface area contributed by atoms with Crippen molar-refractivity contribution in [3.8, 4) is 0 Å². The lowest BCUT2D eigenvalue weighted by Gasteiger charge is -2.36. The van der Waals surface area contributed by atoms with Crippen LogP contribution < -0.4 is 10.2 Å². The first-order chi connectivity index (χ1) is 12.5. The van der Waals surface area contributed by atoms with Crippen molar-refractivity contribution in [3.63, 3.8) is 0 Å². The van der Waals surface area contributed by atoms with Gasteiger partial charge in [0, 0.05) is 37.6 Å². The minimum atomic E-state index is -0.636. The van der Waals surface area contributed by atoms with Gasteiger partial charge in [-0.2, -0.15) is 0 Å². The maximum Gasteiger partial charge on any atom is 0.315 e. The Bertz CT molecular complexity index is 826. The van der Waals surface area contributed by atoms with Crippen LogP contribution in [0.1, 0.15) is 16.8 Å². The number of nitrogens with one attached hydrogen (secondary N) is 1. The van der Waals surface area contributed by atoms with E-state index in [1.807, 2.05) is 13.0 Å². The first-order valence-corrected chi connectivity index (χ1v) is 8.81. The predicted octanol–water partition coefficient (Wildman–Crippen LogP) is 2.29. The molecule has 2 heterocycles. The zero-order valence-corrected chi connectivity index (χ0v) is 15.5. The Kier molecular flexibility index (Phi) is 5.21. The third-order valence-electron chi connectivity index (χ3n) is 4.81. The number of carbonyl (C=O) groups is 2. The topological polar surface area (TPSA) is 65.5 Å². The van der Waals surface area contributed by atoms with Gasteiger partial charge in [0.2, 0.25) is 0 Å². The highest BCUT2D eigenvalue weighted by atomic mass is 16.2. The number of nitrogens with zero attached hydrogens (tertiary/aromatic N) is 3. The Balaban J connectivity index is 1.59. The molecule has 1 N–H and O–H groups in total. The maximum absolute atomic E-state index is 12.4. The molecule has 6 nitrogen and oxygen atoms in total. The molecule has 0 saturated carbocycles. The molecule has 0 radical (unpaired) electrons. The van der Waals surface area contributed by atoms with E-state index in [2.05, 4.69) is 47.2 Å². The summed E-state index contributed by atoms with van der Waals surface area (Å²) in [5, 5.41) is 2.58. The molecule has 1 aromatic heterocycles. The summed E-state index contributed by atoms with van der Waals surface area (Å²) in [5.41, 5.74) is 4.50. The van der Waals surface area contributed by atoms with Crippen LogP contribution in [0.4, 0.5) is 11.5 Å². The molecule has 0 spiro atoms. The number of hydrogen-bond acceptors (Lipinski definition) is 4. The normalized spacial score (nSPS) is 14.3. The van der Waals surface area contributed by atoms with Gasteiger partial charge < -0.3 is 15.1 Å². The molecule has 0 atom stereocenters. The first kappa shape index (κ1) is 17.9. The number of rotatable bonds is 2. The molecule has 2 amide bonds. The van der Waals surface area contributed by atoms with Gasteiger partial charge in [0.15, 0.2) is 0 Å². The Morgan fingerprint density at radius 1 is 0.962 bits per heavy atom. The molecule has 6 heteroatoms. The minimum absolute atomic E-state index is 0.400. The number of hydrogen-bond donors (Lipinski definition) is 1.